The van der Waals surface area contributed by atoms with Gasteiger partial charge in [-0.1, -0.05) is 18.5 Å². The molecule has 1 atom stereocenters. The largest absolute Gasteiger partial charge is 0.462 e. The second kappa shape index (κ2) is 8.27. The van der Waals surface area contributed by atoms with Crippen molar-refractivity contribution in [3.8, 4) is 0 Å². The normalized spacial score (nSPS) is 12.0. The standard InChI is InChI=1S/C14H21ClN2O2S/c1-4-19-14(18)11-7-10(16)8-12(15)13(11)17-6-5-9(2)20-3/h7-9,17H,4-6,16H2,1-3H3. The monoisotopic (exact) mass is 316 g/mol. The third-order valence-corrected chi connectivity index (χ3v) is 4.20. The van der Waals surface area contributed by atoms with E-state index in [-0.39, 0.29) is 0 Å². The van der Waals surface area contributed by atoms with Crippen molar-refractivity contribution in [3.63, 3.8) is 0 Å². The fourth-order valence-corrected chi connectivity index (χ4v) is 2.34. The van der Waals surface area contributed by atoms with Crippen LogP contribution in [0.4, 0.5) is 11.4 Å². The summed E-state index contributed by atoms with van der Waals surface area (Å²) in [5.74, 6) is -0.415. The first-order chi connectivity index (χ1) is 9.49. The van der Waals surface area contributed by atoms with Crippen molar-refractivity contribution in [2.45, 2.75) is 25.5 Å². The van der Waals surface area contributed by atoms with Crippen LogP contribution in [-0.4, -0.2) is 30.6 Å². The molecule has 0 radical (unpaired) electrons. The molecule has 0 bridgehead atoms. The molecule has 0 aliphatic rings. The Bertz CT molecular complexity index is 469. The van der Waals surface area contributed by atoms with Gasteiger partial charge in [-0.3, -0.25) is 0 Å². The van der Waals surface area contributed by atoms with Crippen LogP contribution in [-0.2, 0) is 4.74 Å². The number of thioether (sulfide) groups is 1. The summed E-state index contributed by atoms with van der Waals surface area (Å²) in [6, 6.07) is 3.22. The summed E-state index contributed by atoms with van der Waals surface area (Å²) in [5.41, 5.74) is 7.16. The maximum atomic E-state index is 11.9. The maximum absolute atomic E-state index is 11.9. The van der Waals surface area contributed by atoms with Gasteiger partial charge < -0.3 is 15.8 Å². The molecule has 0 aliphatic heterocycles. The molecule has 20 heavy (non-hydrogen) atoms. The molecule has 0 aliphatic carbocycles. The molecule has 112 valence electrons. The van der Waals surface area contributed by atoms with E-state index in [0.29, 0.717) is 33.8 Å². The summed E-state index contributed by atoms with van der Waals surface area (Å²) in [4.78, 5) is 11.9. The fourth-order valence-electron chi connectivity index (χ4n) is 1.70. The maximum Gasteiger partial charge on any atom is 0.340 e. The van der Waals surface area contributed by atoms with Crippen LogP contribution in [0.3, 0.4) is 0 Å². The molecule has 3 N–H and O–H groups in total. The molecule has 0 aromatic heterocycles. The smallest absolute Gasteiger partial charge is 0.340 e. The molecule has 1 aromatic carbocycles. The van der Waals surface area contributed by atoms with Crippen molar-refractivity contribution in [1.82, 2.24) is 0 Å². The van der Waals surface area contributed by atoms with Crippen molar-refractivity contribution < 1.29 is 9.53 Å². The Morgan fingerprint density at radius 3 is 2.85 bits per heavy atom. The van der Waals surface area contributed by atoms with Crippen molar-refractivity contribution in [3.05, 3.63) is 22.7 Å². The van der Waals surface area contributed by atoms with Gasteiger partial charge in [-0.2, -0.15) is 11.8 Å². The summed E-state index contributed by atoms with van der Waals surface area (Å²) in [6.45, 7) is 4.97. The number of nitrogens with two attached hydrogens (primary N) is 1. The first-order valence-corrected chi connectivity index (χ1v) is 8.19. The summed E-state index contributed by atoms with van der Waals surface area (Å²) in [5, 5.41) is 4.19. The number of nitrogens with one attached hydrogen (secondary N) is 1. The zero-order valence-corrected chi connectivity index (χ0v) is 13.6. The molecule has 0 heterocycles. The number of carbonyl (C=O) groups is 1. The first kappa shape index (κ1) is 17.0. The highest BCUT2D eigenvalue weighted by Crippen LogP contribution is 2.30. The highest BCUT2D eigenvalue weighted by atomic mass is 35.5. The summed E-state index contributed by atoms with van der Waals surface area (Å²) in [6.07, 6.45) is 3.05. The average molecular weight is 317 g/mol. The summed E-state index contributed by atoms with van der Waals surface area (Å²) >= 11 is 7.97. The minimum absolute atomic E-state index is 0.314. The van der Waals surface area contributed by atoms with Crippen molar-refractivity contribution in [2.75, 3.05) is 30.5 Å². The summed E-state index contributed by atoms with van der Waals surface area (Å²) in [7, 11) is 0. The van der Waals surface area contributed by atoms with E-state index in [9.17, 15) is 4.79 Å². The SMILES string of the molecule is CCOC(=O)c1cc(N)cc(Cl)c1NCCC(C)SC. The van der Waals surface area contributed by atoms with Gasteiger partial charge in [0.15, 0.2) is 0 Å². The second-order valence-electron chi connectivity index (χ2n) is 4.41. The number of anilines is 2. The topological polar surface area (TPSA) is 64.3 Å². The van der Waals surface area contributed by atoms with E-state index in [1.165, 1.54) is 0 Å². The van der Waals surface area contributed by atoms with Crippen LogP contribution in [0.2, 0.25) is 5.02 Å². The Kier molecular flexibility index (Phi) is 7.02. The van der Waals surface area contributed by atoms with Crippen LogP contribution in [0.1, 0.15) is 30.6 Å². The van der Waals surface area contributed by atoms with E-state index in [4.69, 9.17) is 22.1 Å². The van der Waals surface area contributed by atoms with Gasteiger partial charge >= 0.3 is 5.97 Å². The lowest BCUT2D eigenvalue weighted by Gasteiger charge is -2.15. The molecule has 0 saturated heterocycles. The first-order valence-electron chi connectivity index (χ1n) is 6.52. The highest BCUT2D eigenvalue weighted by Gasteiger charge is 2.16. The molecule has 1 aromatic rings. The zero-order valence-electron chi connectivity index (χ0n) is 12.0. The molecule has 4 nitrogen and oxygen atoms in total. The predicted molar refractivity (Wildman–Crippen MR) is 87.9 cm³/mol. The molecular weight excluding hydrogens is 296 g/mol. The number of carbonyl (C=O) groups excluding carboxylic acids is 1. The van der Waals surface area contributed by atoms with E-state index in [2.05, 4.69) is 18.5 Å². The lowest BCUT2D eigenvalue weighted by Crippen LogP contribution is -2.13. The second-order valence-corrected chi connectivity index (χ2v) is 6.09. The van der Waals surface area contributed by atoms with Gasteiger partial charge in [0.2, 0.25) is 0 Å². The fraction of sp³-hybridized carbons (Fsp3) is 0.500. The molecule has 6 heteroatoms. The Hall–Kier alpha value is -1.07. The third kappa shape index (κ3) is 4.80. The van der Waals surface area contributed by atoms with Crippen molar-refractivity contribution in [2.24, 2.45) is 0 Å². The minimum Gasteiger partial charge on any atom is -0.462 e. The van der Waals surface area contributed by atoms with E-state index in [1.54, 1.807) is 30.8 Å². The number of ether oxygens (including phenoxy) is 1. The molecule has 0 spiro atoms. The van der Waals surface area contributed by atoms with Crippen LogP contribution in [0.5, 0.6) is 0 Å². The van der Waals surface area contributed by atoms with Crippen LogP contribution in [0.25, 0.3) is 0 Å². The number of halogens is 1. The number of hydrogen-bond acceptors (Lipinski definition) is 5. The van der Waals surface area contributed by atoms with Gasteiger partial charge in [0.1, 0.15) is 0 Å². The van der Waals surface area contributed by atoms with E-state index >= 15 is 0 Å². The molecule has 0 saturated carbocycles. The van der Waals surface area contributed by atoms with Crippen LogP contribution >= 0.6 is 23.4 Å². The quantitative estimate of drug-likeness (QED) is 0.594. The van der Waals surface area contributed by atoms with E-state index in [1.807, 2.05) is 0 Å². The molecular formula is C14H21ClN2O2S. The minimum atomic E-state index is -0.415. The summed E-state index contributed by atoms with van der Waals surface area (Å²) < 4.78 is 5.03. The molecule has 0 amide bonds. The number of hydrogen-bond donors (Lipinski definition) is 2. The van der Waals surface area contributed by atoms with Gasteiger partial charge in [-0.15, -0.1) is 0 Å². The Morgan fingerprint density at radius 2 is 2.25 bits per heavy atom. The molecule has 1 rings (SSSR count). The average Bonchev–Trinajstić information content (AvgIpc) is 2.40. The van der Waals surface area contributed by atoms with Gasteiger partial charge in [0, 0.05) is 17.5 Å². The predicted octanol–water partition coefficient (Wildman–Crippen LogP) is 3.65. The number of nitrogen functional groups attached to an aromatic ring is 1. The third-order valence-electron chi connectivity index (χ3n) is 2.86. The number of esters is 1. The Balaban J connectivity index is 2.89. The van der Waals surface area contributed by atoms with Crippen molar-refractivity contribution >= 4 is 40.7 Å². The highest BCUT2D eigenvalue weighted by molar-refractivity contribution is 7.99. The molecule has 1 unspecified atom stereocenters. The number of benzene rings is 1. The Labute approximate surface area is 129 Å². The Morgan fingerprint density at radius 1 is 1.55 bits per heavy atom. The van der Waals surface area contributed by atoms with Gasteiger partial charge in [-0.25, -0.2) is 4.79 Å². The lowest BCUT2D eigenvalue weighted by molar-refractivity contribution is 0.0527. The van der Waals surface area contributed by atoms with E-state index < -0.39 is 5.97 Å². The van der Waals surface area contributed by atoms with Gasteiger partial charge in [0.25, 0.3) is 0 Å². The van der Waals surface area contributed by atoms with Crippen LogP contribution in [0.15, 0.2) is 12.1 Å². The lowest BCUT2D eigenvalue weighted by atomic mass is 10.1. The van der Waals surface area contributed by atoms with Crippen molar-refractivity contribution in [1.29, 1.82) is 0 Å². The van der Waals surface area contributed by atoms with Crippen LogP contribution < -0.4 is 11.1 Å². The number of rotatable bonds is 7. The van der Waals surface area contributed by atoms with Crippen LogP contribution in [0, 0.1) is 0 Å². The molecule has 0 fully saturated rings. The van der Waals surface area contributed by atoms with Gasteiger partial charge in [-0.05, 0) is 31.7 Å². The van der Waals surface area contributed by atoms with Gasteiger partial charge in [0.05, 0.1) is 22.9 Å². The zero-order chi connectivity index (χ0) is 15.1. The van der Waals surface area contributed by atoms with E-state index in [0.717, 1.165) is 13.0 Å².